The third-order valence-electron chi connectivity index (χ3n) is 3.36. The molecule has 0 N–H and O–H groups in total. The van der Waals surface area contributed by atoms with Crippen molar-refractivity contribution in [2.24, 2.45) is 0 Å². The van der Waals surface area contributed by atoms with Crippen LogP contribution in [0, 0.1) is 6.92 Å². The first-order valence-corrected chi connectivity index (χ1v) is 8.21. The molecule has 106 valence electrons. The van der Waals surface area contributed by atoms with Crippen molar-refractivity contribution in [2.45, 2.75) is 43.8 Å². The summed E-state index contributed by atoms with van der Waals surface area (Å²) in [5, 5.41) is 0.796. The summed E-state index contributed by atoms with van der Waals surface area (Å²) >= 11 is 7.81. The lowest BCUT2D eigenvalue weighted by Gasteiger charge is -2.20. The molecule has 0 saturated heterocycles. The Morgan fingerprint density at radius 1 is 1.00 bits per heavy atom. The predicted octanol–water partition coefficient (Wildman–Crippen LogP) is 6.24. The SMILES string of the molecule is Cc1ccc(C(C)(C)C)cc1SCc1ccc(Cl)cc1. The molecule has 0 fully saturated rings. The Morgan fingerprint density at radius 2 is 1.65 bits per heavy atom. The van der Waals surface area contributed by atoms with Crippen molar-refractivity contribution < 1.29 is 0 Å². The standard InChI is InChI=1S/C18H21ClS/c1-13-5-8-15(18(2,3)4)11-17(13)20-12-14-6-9-16(19)10-7-14/h5-11H,12H2,1-4H3. The van der Waals surface area contributed by atoms with Crippen molar-refractivity contribution >= 4 is 23.4 Å². The molecule has 20 heavy (non-hydrogen) atoms. The highest BCUT2D eigenvalue weighted by atomic mass is 35.5. The lowest BCUT2D eigenvalue weighted by Crippen LogP contribution is -2.11. The fourth-order valence-corrected chi connectivity index (χ4v) is 3.11. The summed E-state index contributed by atoms with van der Waals surface area (Å²) in [6, 6.07) is 14.9. The van der Waals surface area contributed by atoms with E-state index < -0.39 is 0 Å². The molecule has 0 nitrogen and oxygen atoms in total. The number of aryl methyl sites for hydroxylation is 1. The number of benzene rings is 2. The van der Waals surface area contributed by atoms with E-state index in [1.54, 1.807) is 0 Å². The second-order valence-electron chi connectivity index (χ2n) is 6.15. The number of hydrogen-bond donors (Lipinski definition) is 0. The normalized spacial score (nSPS) is 11.7. The van der Waals surface area contributed by atoms with Gasteiger partial charge in [-0.15, -0.1) is 11.8 Å². The van der Waals surface area contributed by atoms with Gasteiger partial charge in [-0.05, 0) is 47.2 Å². The number of rotatable bonds is 3. The second-order valence-corrected chi connectivity index (χ2v) is 7.60. The molecule has 2 aromatic carbocycles. The number of thioether (sulfide) groups is 1. The van der Waals surface area contributed by atoms with E-state index in [0.29, 0.717) is 0 Å². The van der Waals surface area contributed by atoms with Crippen molar-refractivity contribution in [3.63, 3.8) is 0 Å². The highest BCUT2D eigenvalue weighted by Crippen LogP contribution is 2.31. The van der Waals surface area contributed by atoms with E-state index >= 15 is 0 Å². The maximum atomic E-state index is 5.92. The molecular weight excluding hydrogens is 284 g/mol. The van der Waals surface area contributed by atoms with Crippen molar-refractivity contribution in [1.82, 2.24) is 0 Å². The van der Waals surface area contributed by atoms with E-state index in [1.807, 2.05) is 23.9 Å². The van der Waals surface area contributed by atoms with Crippen LogP contribution in [0.15, 0.2) is 47.4 Å². The first kappa shape index (κ1) is 15.5. The van der Waals surface area contributed by atoms with Crippen LogP contribution in [0.2, 0.25) is 5.02 Å². The van der Waals surface area contributed by atoms with Crippen LogP contribution < -0.4 is 0 Å². The molecular formula is C18H21ClS. The number of halogens is 1. The summed E-state index contributed by atoms with van der Waals surface area (Å²) in [6.07, 6.45) is 0. The van der Waals surface area contributed by atoms with Gasteiger partial charge in [-0.25, -0.2) is 0 Å². The summed E-state index contributed by atoms with van der Waals surface area (Å²) in [4.78, 5) is 1.37. The molecule has 0 aromatic heterocycles. The highest BCUT2D eigenvalue weighted by Gasteiger charge is 2.14. The van der Waals surface area contributed by atoms with E-state index in [-0.39, 0.29) is 5.41 Å². The molecule has 0 unspecified atom stereocenters. The van der Waals surface area contributed by atoms with Gasteiger partial charge in [0.2, 0.25) is 0 Å². The summed E-state index contributed by atoms with van der Waals surface area (Å²) in [5.41, 5.74) is 4.24. The van der Waals surface area contributed by atoms with E-state index in [4.69, 9.17) is 11.6 Å². The zero-order valence-electron chi connectivity index (χ0n) is 12.5. The molecule has 0 saturated carbocycles. The van der Waals surface area contributed by atoms with Gasteiger partial charge in [-0.2, -0.15) is 0 Å². The molecule has 0 aliphatic carbocycles. The van der Waals surface area contributed by atoms with E-state index in [1.165, 1.54) is 21.6 Å². The van der Waals surface area contributed by atoms with Gasteiger partial charge >= 0.3 is 0 Å². The fraction of sp³-hybridized carbons (Fsp3) is 0.333. The van der Waals surface area contributed by atoms with E-state index in [2.05, 4.69) is 58.0 Å². The number of hydrogen-bond acceptors (Lipinski definition) is 1. The zero-order chi connectivity index (χ0) is 14.8. The van der Waals surface area contributed by atoms with E-state index in [9.17, 15) is 0 Å². The summed E-state index contributed by atoms with van der Waals surface area (Å²) in [7, 11) is 0. The topological polar surface area (TPSA) is 0 Å². The first-order chi connectivity index (χ1) is 9.36. The van der Waals surface area contributed by atoms with Crippen LogP contribution in [0.3, 0.4) is 0 Å². The molecule has 0 aliphatic rings. The second kappa shape index (κ2) is 6.24. The Labute approximate surface area is 131 Å². The van der Waals surface area contributed by atoms with Gasteiger partial charge in [-0.1, -0.05) is 56.6 Å². The summed E-state index contributed by atoms with van der Waals surface area (Å²) in [5.74, 6) is 0.978. The lowest BCUT2D eigenvalue weighted by molar-refractivity contribution is 0.588. The monoisotopic (exact) mass is 304 g/mol. The van der Waals surface area contributed by atoms with Crippen LogP contribution in [0.1, 0.15) is 37.5 Å². The quantitative estimate of drug-likeness (QED) is 0.605. The van der Waals surface area contributed by atoms with Gasteiger partial charge in [0, 0.05) is 15.7 Å². The first-order valence-electron chi connectivity index (χ1n) is 6.84. The molecule has 2 heteroatoms. The van der Waals surface area contributed by atoms with Crippen LogP contribution in [0.5, 0.6) is 0 Å². The Balaban J connectivity index is 2.14. The molecule has 0 spiro atoms. The Morgan fingerprint density at radius 3 is 2.25 bits per heavy atom. The minimum Gasteiger partial charge on any atom is -0.121 e. The summed E-state index contributed by atoms with van der Waals surface area (Å²) in [6.45, 7) is 8.94. The Hall–Kier alpha value is -0.920. The average Bonchev–Trinajstić information content (AvgIpc) is 2.38. The van der Waals surface area contributed by atoms with Gasteiger partial charge in [0.1, 0.15) is 0 Å². The minimum absolute atomic E-state index is 0.198. The Bertz CT molecular complexity index is 579. The zero-order valence-corrected chi connectivity index (χ0v) is 14.1. The third-order valence-corrected chi connectivity index (χ3v) is 4.84. The van der Waals surface area contributed by atoms with Crippen molar-refractivity contribution in [2.75, 3.05) is 0 Å². The largest absolute Gasteiger partial charge is 0.121 e. The lowest BCUT2D eigenvalue weighted by atomic mass is 9.87. The molecule has 0 radical (unpaired) electrons. The minimum atomic E-state index is 0.198. The average molecular weight is 305 g/mol. The van der Waals surface area contributed by atoms with Gasteiger partial charge < -0.3 is 0 Å². The van der Waals surface area contributed by atoms with Gasteiger partial charge in [0.05, 0.1) is 0 Å². The third kappa shape index (κ3) is 4.04. The van der Waals surface area contributed by atoms with Crippen molar-refractivity contribution in [3.05, 3.63) is 64.2 Å². The fourth-order valence-electron chi connectivity index (χ4n) is 1.96. The van der Waals surface area contributed by atoms with Gasteiger partial charge in [-0.3, -0.25) is 0 Å². The molecule has 2 aromatic rings. The smallest absolute Gasteiger partial charge is 0.0406 e. The Kier molecular flexibility index (Phi) is 4.82. The van der Waals surface area contributed by atoms with Gasteiger partial charge in [0.25, 0.3) is 0 Å². The van der Waals surface area contributed by atoms with E-state index in [0.717, 1.165) is 10.8 Å². The van der Waals surface area contributed by atoms with Crippen LogP contribution in [-0.2, 0) is 11.2 Å². The summed E-state index contributed by atoms with van der Waals surface area (Å²) < 4.78 is 0. The van der Waals surface area contributed by atoms with Crippen molar-refractivity contribution in [1.29, 1.82) is 0 Å². The van der Waals surface area contributed by atoms with Gasteiger partial charge in [0.15, 0.2) is 0 Å². The molecule has 0 bridgehead atoms. The molecule has 0 heterocycles. The predicted molar refractivity (Wildman–Crippen MR) is 90.9 cm³/mol. The van der Waals surface area contributed by atoms with Crippen molar-refractivity contribution in [3.8, 4) is 0 Å². The molecule has 2 rings (SSSR count). The molecule has 0 amide bonds. The van der Waals surface area contributed by atoms with Crippen LogP contribution in [-0.4, -0.2) is 0 Å². The van der Waals surface area contributed by atoms with Crippen LogP contribution in [0.4, 0.5) is 0 Å². The van der Waals surface area contributed by atoms with Crippen LogP contribution in [0.25, 0.3) is 0 Å². The molecule has 0 atom stereocenters. The maximum absolute atomic E-state index is 5.92. The highest BCUT2D eigenvalue weighted by molar-refractivity contribution is 7.98. The maximum Gasteiger partial charge on any atom is 0.0406 e. The molecule has 0 aliphatic heterocycles. The van der Waals surface area contributed by atoms with Crippen LogP contribution >= 0.6 is 23.4 Å².